The third-order valence-electron chi connectivity index (χ3n) is 16.2. The van der Waals surface area contributed by atoms with Crippen LogP contribution in [0, 0.1) is 0 Å². The second kappa shape index (κ2) is 16.5. The molecule has 0 bridgehead atoms. The van der Waals surface area contributed by atoms with Crippen molar-refractivity contribution in [3.8, 4) is 22.7 Å². The van der Waals surface area contributed by atoms with Crippen molar-refractivity contribution < 1.29 is 8.83 Å². The maximum absolute atomic E-state index is 7.00. The molecule has 6 heteroatoms. The average Bonchev–Trinajstić information content (AvgIpc) is 4.18. The Balaban J connectivity index is 1.03. The van der Waals surface area contributed by atoms with Gasteiger partial charge in [0.25, 0.3) is 0 Å². The fraction of sp³-hybridized carbons (Fsp3) is 0. The Hall–Kier alpha value is -10.6. The van der Waals surface area contributed by atoms with Crippen LogP contribution in [0.5, 0.6) is 0 Å². The molecule has 4 aromatic heterocycles. The van der Waals surface area contributed by atoms with Crippen LogP contribution in [0.2, 0.25) is 0 Å². The van der Waals surface area contributed by atoms with Crippen molar-refractivity contribution in [2.24, 2.45) is 0 Å². The molecule has 0 aliphatic heterocycles. The SMILES string of the molecule is c1ccc(-n2c3ccccc3oc3cc4c5ccc(-n6c7ccccc7c7cc(-n8c9ccccc9c9ccccc98)ccc76)cc5c5cc6c(cc5c5ccccc5c4cc32)oc2ccccc2n6-c2ccccc2)cc1. The first-order valence-electron chi connectivity index (χ1n) is 26.6. The molecule has 17 rings (SSSR count). The summed E-state index contributed by atoms with van der Waals surface area (Å²) in [6, 6.07) is 96.4. The highest BCUT2D eigenvalue weighted by atomic mass is 16.3. The molecule has 0 unspecified atom stereocenters. The highest BCUT2D eigenvalue weighted by Crippen LogP contribution is 2.43. The van der Waals surface area contributed by atoms with Crippen molar-refractivity contribution in [3.63, 3.8) is 0 Å². The van der Waals surface area contributed by atoms with Crippen LogP contribution in [-0.2, 0) is 0 Å². The largest absolute Gasteiger partial charge is 0.453 e. The first kappa shape index (κ1) is 42.8. The van der Waals surface area contributed by atoms with Crippen LogP contribution in [0.25, 0.3) is 154 Å². The Morgan fingerprint density at radius 2 is 0.487 bits per heavy atom. The molecule has 4 heterocycles. The van der Waals surface area contributed by atoms with Gasteiger partial charge in [0.05, 0.1) is 44.1 Å². The molecular formula is C72H44N4O2. The predicted octanol–water partition coefficient (Wildman–Crippen LogP) is 19.6. The number of rotatable bonds is 4. The van der Waals surface area contributed by atoms with Gasteiger partial charge in [0, 0.05) is 44.3 Å². The number of fused-ring (bicyclic) bond motifs is 18. The van der Waals surface area contributed by atoms with Crippen molar-refractivity contribution in [1.82, 2.24) is 18.3 Å². The molecule has 0 fully saturated rings. The number of nitrogens with zero attached hydrogens (tertiary/aromatic N) is 4. The van der Waals surface area contributed by atoms with E-state index < -0.39 is 0 Å². The van der Waals surface area contributed by atoms with Crippen LogP contribution in [-0.4, -0.2) is 18.3 Å². The van der Waals surface area contributed by atoms with Gasteiger partial charge in [0.1, 0.15) is 0 Å². The van der Waals surface area contributed by atoms with Gasteiger partial charge in [-0.1, -0.05) is 146 Å². The molecule has 0 aliphatic rings. The number of para-hydroxylation sites is 9. The summed E-state index contributed by atoms with van der Waals surface area (Å²) in [6.07, 6.45) is 0. The normalized spacial score (nSPS) is 12.1. The first-order chi connectivity index (χ1) is 38.7. The Morgan fingerprint density at radius 1 is 0.167 bits per heavy atom. The highest BCUT2D eigenvalue weighted by Gasteiger charge is 2.21. The van der Waals surface area contributed by atoms with E-state index in [0.29, 0.717) is 0 Å². The Kier molecular flexibility index (Phi) is 9.03. The summed E-state index contributed by atoms with van der Waals surface area (Å²) in [5, 5.41) is 13.7. The zero-order chi connectivity index (χ0) is 51.0. The number of hydrogen-bond acceptors (Lipinski definition) is 2. The number of hydrogen-bond donors (Lipinski definition) is 0. The molecule has 0 saturated carbocycles. The monoisotopic (exact) mass is 996 g/mol. The molecule has 78 heavy (non-hydrogen) atoms. The first-order valence-corrected chi connectivity index (χ1v) is 26.6. The number of aromatic nitrogens is 4. The third-order valence-corrected chi connectivity index (χ3v) is 16.2. The van der Waals surface area contributed by atoms with Gasteiger partial charge in [-0.05, 0) is 164 Å². The van der Waals surface area contributed by atoms with Gasteiger partial charge in [-0.15, -0.1) is 0 Å². The van der Waals surface area contributed by atoms with E-state index in [-0.39, 0.29) is 0 Å². The number of benzene rings is 12. The Bertz CT molecular complexity index is 5370. The minimum absolute atomic E-state index is 0.789. The predicted molar refractivity (Wildman–Crippen MR) is 325 cm³/mol. The summed E-state index contributed by atoms with van der Waals surface area (Å²) in [4.78, 5) is 0. The van der Waals surface area contributed by atoms with Gasteiger partial charge in [-0.25, -0.2) is 0 Å². The van der Waals surface area contributed by atoms with Crippen molar-refractivity contribution in [2.45, 2.75) is 0 Å². The van der Waals surface area contributed by atoms with E-state index in [0.717, 1.165) is 121 Å². The van der Waals surface area contributed by atoms with Crippen LogP contribution < -0.4 is 0 Å². The van der Waals surface area contributed by atoms with Crippen LogP contribution >= 0.6 is 0 Å². The topological polar surface area (TPSA) is 46.0 Å². The zero-order valence-electron chi connectivity index (χ0n) is 42.0. The minimum Gasteiger partial charge on any atom is -0.453 e. The highest BCUT2D eigenvalue weighted by molar-refractivity contribution is 6.28. The van der Waals surface area contributed by atoms with Crippen molar-refractivity contribution in [3.05, 3.63) is 267 Å². The quantitative estimate of drug-likeness (QED) is 0.165. The van der Waals surface area contributed by atoms with Crippen LogP contribution in [0.4, 0.5) is 0 Å². The van der Waals surface area contributed by atoms with Crippen molar-refractivity contribution in [2.75, 3.05) is 0 Å². The van der Waals surface area contributed by atoms with E-state index >= 15 is 0 Å². The minimum atomic E-state index is 0.789. The summed E-state index contributed by atoms with van der Waals surface area (Å²) >= 11 is 0. The standard InChI is InChI=1S/C72H44N4O2/c1-3-19-45(20-4-1)73-65-31-15-17-33-69(65)78-72-44-59-51-37-35-47(76-63-30-14-11-27-54(63)60-40-48(36-38-64(60)76)75-61-28-12-9-25-52(61)53-26-10-13-29-62(53)75)39-55(51)57-42-68-71(43-58(57)50-24-8-7-23-49(50)56(59)41-67(72)73)77-70-34-18-16-32-66(70)74(68)46-21-5-2-6-22-46/h1-44H. The molecule has 0 atom stereocenters. The van der Waals surface area contributed by atoms with Crippen molar-refractivity contribution in [1.29, 1.82) is 0 Å². The van der Waals surface area contributed by atoms with E-state index in [2.05, 4.69) is 273 Å². The van der Waals surface area contributed by atoms with E-state index in [9.17, 15) is 0 Å². The Morgan fingerprint density at radius 3 is 0.987 bits per heavy atom. The van der Waals surface area contributed by atoms with E-state index in [1.54, 1.807) is 0 Å². The van der Waals surface area contributed by atoms with Crippen LogP contribution in [0.3, 0.4) is 0 Å². The van der Waals surface area contributed by atoms with E-state index in [4.69, 9.17) is 8.83 Å². The zero-order valence-corrected chi connectivity index (χ0v) is 42.0. The molecule has 6 nitrogen and oxygen atoms in total. The van der Waals surface area contributed by atoms with Crippen molar-refractivity contribution >= 4 is 131 Å². The molecule has 0 saturated heterocycles. The van der Waals surface area contributed by atoms with Gasteiger partial charge in [-0.3, -0.25) is 0 Å². The molecule has 0 aliphatic carbocycles. The lowest BCUT2D eigenvalue weighted by atomic mass is 9.93. The van der Waals surface area contributed by atoms with Gasteiger partial charge < -0.3 is 27.1 Å². The van der Waals surface area contributed by atoms with Gasteiger partial charge in [0.2, 0.25) is 0 Å². The molecule has 364 valence electrons. The fourth-order valence-electron chi connectivity index (χ4n) is 12.9. The van der Waals surface area contributed by atoms with Gasteiger partial charge in [-0.2, -0.15) is 0 Å². The van der Waals surface area contributed by atoms with E-state index in [1.165, 1.54) is 32.6 Å². The summed E-state index contributed by atoms with van der Waals surface area (Å²) < 4.78 is 23.5. The summed E-state index contributed by atoms with van der Waals surface area (Å²) in [6.45, 7) is 0. The maximum atomic E-state index is 7.00. The van der Waals surface area contributed by atoms with Gasteiger partial charge >= 0.3 is 0 Å². The molecule has 0 amide bonds. The lowest BCUT2D eigenvalue weighted by molar-refractivity contribution is 0.653. The molecule has 17 aromatic rings. The molecular weight excluding hydrogens is 953 g/mol. The maximum Gasteiger partial charge on any atom is 0.152 e. The fourth-order valence-corrected chi connectivity index (χ4v) is 12.9. The van der Waals surface area contributed by atoms with Crippen LogP contribution in [0.15, 0.2) is 276 Å². The molecule has 0 radical (unpaired) electrons. The van der Waals surface area contributed by atoms with E-state index in [1.807, 2.05) is 12.1 Å². The smallest absolute Gasteiger partial charge is 0.152 e. The second-order valence-corrected chi connectivity index (χ2v) is 20.4. The summed E-state index contributed by atoms with van der Waals surface area (Å²) in [5.41, 5.74) is 16.0. The lowest BCUT2D eigenvalue weighted by Crippen LogP contribution is -2.00. The third kappa shape index (κ3) is 6.19. The average molecular weight is 997 g/mol. The Labute approximate surface area is 445 Å². The molecule has 0 N–H and O–H groups in total. The molecule has 13 aromatic carbocycles. The van der Waals surface area contributed by atoms with Gasteiger partial charge in [0.15, 0.2) is 22.3 Å². The van der Waals surface area contributed by atoms with Crippen LogP contribution in [0.1, 0.15) is 0 Å². The second-order valence-electron chi connectivity index (χ2n) is 20.4. The summed E-state index contributed by atoms with van der Waals surface area (Å²) in [7, 11) is 0. The summed E-state index contributed by atoms with van der Waals surface area (Å²) in [5.74, 6) is 0. The molecule has 0 spiro atoms. The lowest BCUT2D eigenvalue weighted by Gasteiger charge is -2.18.